The van der Waals surface area contributed by atoms with Crippen LogP contribution in [0.25, 0.3) is 0 Å². The highest BCUT2D eigenvalue weighted by Gasteiger charge is 2.18. The minimum absolute atomic E-state index is 0.116. The van der Waals surface area contributed by atoms with Gasteiger partial charge in [-0.2, -0.15) is 0 Å². The summed E-state index contributed by atoms with van der Waals surface area (Å²) in [7, 11) is 0. The van der Waals surface area contributed by atoms with Gasteiger partial charge in [-0.15, -0.1) is 11.3 Å². The van der Waals surface area contributed by atoms with Crippen LogP contribution in [-0.2, 0) is 0 Å². The molecule has 0 amide bonds. The van der Waals surface area contributed by atoms with E-state index in [4.69, 9.17) is 23.2 Å². The molecule has 102 valence electrons. The fourth-order valence-electron chi connectivity index (χ4n) is 1.87. The molecule has 0 aliphatic heterocycles. The second kappa shape index (κ2) is 7.09. The molecule has 0 spiro atoms. The molecule has 0 aliphatic rings. The number of halogens is 3. The predicted octanol–water partition coefficient (Wildman–Crippen LogP) is 5.91. The van der Waals surface area contributed by atoms with Crippen LogP contribution in [0.2, 0.25) is 9.36 Å². The predicted molar refractivity (Wildman–Crippen MR) is 88.6 cm³/mol. The van der Waals surface area contributed by atoms with Gasteiger partial charge in [0.05, 0.1) is 10.4 Å². The molecule has 0 fully saturated rings. The third-order valence-corrected chi connectivity index (χ3v) is 5.00. The summed E-state index contributed by atoms with van der Waals surface area (Å²) in [4.78, 5) is 1.20. The van der Waals surface area contributed by atoms with Crippen LogP contribution in [0.4, 0.5) is 0 Å². The summed E-state index contributed by atoms with van der Waals surface area (Å²) in [5.74, 6) is 0. The lowest BCUT2D eigenvalue weighted by atomic mass is 10.1. The maximum atomic E-state index is 6.12. The van der Waals surface area contributed by atoms with Crippen LogP contribution in [-0.4, -0.2) is 6.54 Å². The molecular weight excluding hydrogens is 365 g/mol. The van der Waals surface area contributed by atoms with E-state index in [9.17, 15) is 0 Å². The van der Waals surface area contributed by atoms with E-state index in [1.807, 2.05) is 24.3 Å². The Kier molecular flexibility index (Phi) is 5.72. The zero-order valence-electron chi connectivity index (χ0n) is 10.4. The fourth-order valence-corrected chi connectivity index (χ4v) is 3.68. The molecule has 1 nitrogen and oxygen atoms in total. The SMILES string of the molecule is CCCNC(c1ccc(Cl)s1)c1cc(Cl)ccc1Br. The van der Waals surface area contributed by atoms with Crippen molar-refractivity contribution in [2.45, 2.75) is 19.4 Å². The molecule has 1 unspecified atom stereocenters. The average molecular weight is 379 g/mol. The van der Waals surface area contributed by atoms with Gasteiger partial charge in [-0.25, -0.2) is 0 Å². The van der Waals surface area contributed by atoms with Crippen LogP contribution in [0.3, 0.4) is 0 Å². The zero-order chi connectivity index (χ0) is 13.8. The van der Waals surface area contributed by atoms with Crippen LogP contribution in [0.15, 0.2) is 34.8 Å². The van der Waals surface area contributed by atoms with Crippen LogP contribution in [0, 0.1) is 0 Å². The van der Waals surface area contributed by atoms with Gasteiger partial charge in [-0.3, -0.25) is 0 Å². The lowest BCUT2D eigenvalue weighted by Gasteiger charge is -2.19. The lowest BCUT2D eigenvalue weighted by Crippen LogP contribution is -2.22. The highest BCUT2D eigenvalue weighted by Crippen LogP contribution is 2.35. The summed E-state index contributed by atoms with van der Waals surface area (Å²) in [6.07, 6.45) is 1.08. The highest BCUT2D eigenvalue weighted by molar-refractivity contribution is 9.10. The summed E-state index contributed by atoms with van der Waals surface area (Å²) >= 11 is 17.4. The van der Waals surface area contributed by atoms with Crippen molar-refractivity contribution >= 4 is 50.5 Å². The van der Waals surface area contributed by atoms with E-state index in [1.165, 1.54) is 4.88 Å². The van der Waals surface area contributed by atoms with Crippen molar-refractivity contribution in [3.63, 3.8) is 0 Å². The Labute approximate surface area is 136 Å². The van der Waals surface area contributed by atoms with Crippen LogP contribution < -0.4 is 5.32 Å². The largest absolute Gasteiger partial charge is 0.306 e. The van der Waals surface area contributed by atoms with Crippen molar-refractivity contribution in [3.05, 3.63) is 54.6 Å². The molecule has 0 saturated heterocycles. The molecule has 2 rings (SSSR count). The third-order valence-electron chi connectivity index (χ3n) is 2.75. The van der Waals surface area contributed by atoms with Crippen LogP contribution >= 0.6 is 50.5 Å². The summed E-state index contributed by atoms with van der Waals surface area (Å²) in [5.41, 5.74) is 1.14. The van der Waals surface area contributed by atoms with Crippen molar-refractivity contribution < 1.29 is 0 Å². The van der Waals surface area contributed by atoms with Gasteiger partial charge >= 0.3 is 0 Å². The first kappa shape index (κ1) is 15.3. The van der Waals surface area contributed by atoms with Gasteiger partial charge in [0.25, 0.3) is 0 Å². The normalized spacial score (nSPS) is 12.6. The molecule has 0 aliphatic carbocycles. The van der Waals surface area contributed by atoms with Crippen molar-refractivity contribution in [2.75, 3.05) is 6.54 Å². The maximum absolute atomic E-state index is 6.12. The fraction of sp³-hybridized carbons (Fsp3) is 0.286. The molecule has 1 atom stereocenters. The van der Waals surface area contributed by atoms with Crippen LogP contribution in [0.5, 0.6) is 0 Å². The van der Waals surface area contributed by atoms with Gasteiger partial charge in [0.1, 0.15) is 0 Å². The van der Waals surface area contributed by atoms with Gasteiger partial charge in [-0.05, 0) is 48.9 Å². The van der Waals surface area contributed by atoms with Crippen molar-refractivity contribution in [3.8, 4) is 0 Å². The van der Waals surface area contributed by atoms with Crippen LogP contribution in [0.1, 0.15) is 29.8 Å². The Morgan fingerprint density at radius 2 is 2.05 bits per heavy atom. The second-order valence-electron chi connectivity index (χ2n) is 4.19. The quantitative estimate of drug-likeness (QED) is 0.682. The molecular formula is C14H14BrCl2NS. The van der Waals surface area contributed by atoms with Crippen molar-refractivity contribution in [2.24, 2.45) is 0 Å². The average Bonchev–Trinajstić information content (AvgIpc) is 2.80. The van der Waals surface area contributed by atoms with E-state index >= 15 is 0 Å². The first-order valence-corrected chi connectivity index (χ1v) is 8.42. The van der Waals surface area contributed by atoms with Gasteiger partial charge in [0.15, 0.2) is 0 Å². The van der Waals surface area contributed by atoms with Gasteiger partial charge < -0.3 is 5.32 Å². The summed E-state index contributed by atoms with van der Waals surface area (Å²) in [5, 5.41) is 4.29. The molecule has 1 aromatic heterocycles. The maximum Gasteiger partial charge on any atom is 0.0931 e. The van der Waals surface area contributed by atoms with E-state index in [-0.39, 0.29) is 6.04 Å². The minimum Gasteiger partial charge on any atom is -0.306 e. The third kappa shape index (κ3) is 3.96. The number of hydrogen-bond acceptors (Lipinski definition) is 2. The first-order valence-electron chi connectivity index (χ1n) is 6.05. The van der Waals surface area contributed by atoms with E-state index in [2.05, 4.69) is 34.2 Å². The number of thiophene rings is 1. The highest BCUT2D eigenvalue weighted by atomic mass is 79.9. The molecule has 1 N–H and O–H groups in total. The first-order chi connectivity index (χ1) is 9.11. The Morgan fingerprint density at radius 3 is 2.68 bits per heavy atom. The van der Waals surface area contributed by atoms with E-state index in [1.54, 1.807) is 11.3 Å². The number of rotatable bonds is 5. The summed E-state index contributed by atoms with van der Waals surface area (Å²) in [6, 6.07) is 9.97. The number of benzene rings is 1. The molecule has 1 aromatic carbocycles. The molecule has 0 saturated carbocycles. The van der Waals surface area contributed by atoms with Gasteiger partial charge in [0, 0.05) is 14.4 Å². The Bertz CT molecular complexity index is 556. The molecule has 1 heterocycles. The standard InChI is InChI=1S/C14H14BrCl2NS/c1-2-7-18-14(12-5-6-13(17)19-12)10-8-9(16)3-4-11(10)15/h3-6,8,14,18H,2,7H2,1H3. The summed E-state index contributed by atoms with van der Waals surface area (Å²) in [6.45, 7) is 3.09. The van der Waals surface area contributed by atoms with Gasteiger partial charge in [-0.1, -0.05) is 46.1 Å². The van der Waals surface area contributed by atoms with E-state index in [0.29, 0.717) is 0 Å². The number of hydrogen-bond donors (Lipinski definition) is 1. The molecule has 2 aromatic rings. The zero-order valence-corrected chi connectivity index (χ0v) is 14.3. The van der Waals surface area contributed by atoms with Crippen molar-refractivity contribution in [1.82, 2.24) is 5.32 Å². The molecule has 19 heavy (non-hydrogen) atoms. The van der Waals surface area contributed by atoms with Crippen molar-refractivity contribution in [1.29, 1.82) is 0 Å². The van der Waals surface area contributed by atoms with E-state index in [0.717, 1.165) is 32.4 Å². The van der Waals surface area contributed by atoms with E-state index < -0.39 is 0 Å². The second-order valence-corrected chi connectivity index (χ2v) is 7.23. The molecule has 0 bridgehead atoms. The minimum atomic E-state index is 0.116. The topological polar surface area (TPSA) is 12.0 Å². The monoisotopic (exact) mass is 377 g/mol. The summed E-state index contributed by atoms with van der Waals surface area (Å²) < 4.78 is 1.85. The Morgan fingerprint density at radius 1 is 1.26 bits per heavy atom. The Balaban J connectivity index is 2.39. The smallest absolute Gasteiger partial charge is 0.0931 e. The number of nitrogens with one attached hydrogen (secondary N) is 1. The lowest BCUT2D eigenvalue weighted by molar-refractivity contribution is 0.604. The molecule has 5 heteroatoms. The molecule has 0 radical (unpaired) electrons. The van der Waals surface area contributed by atoms with Gasteiger partial charge in [0.2, 0.25) is 0 Å². The Hall–Kier alpha value is -0.0600.